The van der Waals surface area contributed by atoms with Crippen molar-refractivity contribution in [2.75, 3.05) is 11.5 Å². The highest BCUT2D eigenvalue weighted by Gasteiger charge is 2.42. The zero-order chi connectivity index (χ0) is 18.3. The van der Waals surface area contributed by atoms with Gasteiger partial charge in [0.05, 0.1) is 17.7 Å². The van der Waals surface area contributed by atoms with E-state index in [1.807, 2.05) is 24.3 Å². The van der Waals surface area contributed by atoms with E-state index in [-0.39, 0.29) is 6.04 Å². The van der Waals surface area contributed by atoms with Crippen LogP contribution in [0.1, 0.15) is 11.6 Å². The molecule has 0 saturated carbocycles. The molecule has 0 bridgehead atoms. The largest absolute Gasteiger partial charge is 0.389 e. The molecule has 26 heavy (non-hydrogen) atoms. The van der Waals surface area contributed by atoms with Crippen LogP contribution in [0.3, 0.4) is 0 Å². The molecule has 1 aliphatic heterocycles. The molecule has 0 aliphatic carbocycles. The van der Waals surface area contributed by atoms with Crippen molar-refractivity contribution in [3.05, 3.63) is 47.4 Å². The summed E-state index contributed by atoms with van der Waals surface area (Å²) >= 11 is 7.49. The van der Waals surface area contributed by atoms with Crippen molar-refractivity contribution < 1.29 is 10.2 Å². The maximum absolute atomic E-state index is 10.5. The molecule has 0 spiro atoms. The van der Waals surface area contributed by atoms with Crippen LogP contribution < -0.4 is 11.1 Å². The number of hydrogen-bond donors (Lipinski definition) is 5. The normalized spacial score (nSPS) is 25.8. The van der Waals surface area contributed by atoms with Crippen molar-refractivity contribution in [2.45, 2.75) is 29.2 Å². The summed E-state index contributed by atoms with van der Waals surface area (Å²) in [7, 11) is 0. The van der Waals surface area contributed by atoms with E-state index >= 15 is 0 Å². The minimum Gasteiger partial charge on any atom is -0.389 e. The van der Waals surface area contributed by atoms with Gasteiger partial charge in [0.25, 0.3) is 0 Å². The fourth-order valence-corrected chi connectivity index (χ4v) is 4.34. The number of nitrogen functional groups attached to an aromatic ring is 1. The first-order valence-electron chi connectivity index (χ1n) is 8.12. The summed E-state index contributed by atoms with van der Waals surface area (Å²) in [5.41, 5.74) is 7.89. The number of rotatable bonds is 4. The van der Waals surface area contributed by atoms with E-state index in [0.29, 0.717) is 27.6 Å². The molecule has 3 heterocycles. The third-order valence-electron chi connectivity index (χ3n) is 4.60. The molecule has 2 unspecified atom stereocenters. The summed E-state index contributed by atoms with van der Waals surface area (Å²) in [5.74, 6) is 0.958. The molecule has 1 aromatic carbocycles. The van der Waals surface area contributed by atoms with Crippen LogP contribution in [-0.2, 0) is 0 Å². The molecule has 136 valence electrons. The first kappa shape index (κ1) is 17.6. The third-order valence-corrected chi connectivity index (χ3v) is 5.98. The predicted octanol–water partition coefficient (Wildman–Crippen LogP) is 1.72. The molecule has 3 aromatic rings. The van der Waals surface area contributed by atoms with Crippen molar-refractivity contribution in [3.8, 4) is 0 Å². The number of anilines is 1. The third kappa shape index (κ3) is 3.15. The summed E-state index contributed by atoms with van der Waals surface area (Å²) < 4.78 is 0. The van der Waals surface area contributed by atoms with Gasteiger partial charge in [-0.15, -0.1) is 11.8 Å². The Kier molecular flexibility index (Phi) is 4.76. The van der Waals surface area contributed by atoms with E-state index in [2.05, 4.69) is 20.3 Å². The van der Waals surface area contributed by atoms with Crippen molar-refractivity contribution in [1.82, 2.24) is 20.3 Å². The Morgan fingerprint density at radius 1 is 1.15 bits per heavy atom. The van der Waals surface area contributed by atoms with E-state index in [0.717, 1.165) is 10.5 Å². The Morgan fingerprint density at radius 2 is 1.92 bits per heavy atom. The lowest BCUT2D eigenvalue weighted by atomic mass is 10.0. The minimum absolute atomic E-state index is 0.264. The Morgan fingerprint density at radius 3 is 2.69 bits per heavy atom. The second-order valence-electron chi connectivity index (χ2n) is 6.22. The van der Waals surface area contributed by atoms with E-state index in [9.17, 15) is 10.2 Å². The van der Waals surface area contributed by atoms with Crippen LogP contribution in [0.2, 0.25) is 5.02 Å². The number of hydrogen-bond acceptors (Lipinski definition) is 7. The summed E-state index contributed by atoms with van der Waals surface area (Å²) in [4.78, 5) is 12.3. The highest BCUT2D eigenvalue weighted by molar-refractivity contribution is 7.99. The van der Waals surface area contributed by atoms with E-state index in [1.165, 1.54) is 6.33 Å². The fraction of sp³-hybridized carbons (Fsp3) is 0.294. The number of halogens is 1. The maximum atomic E-state index is 10.5. The first-order valence-corrected chi connectivity index (χ1v) is 9.49. The van der Waals surface area contributed by atoms with Gasteiger partial charge in [-0.2, -0.15) is 0 Å². The number of aromatic amines is 1. The molecule has 0 radical (unpaired) electrons. The van der Waals surface area contributed by atoms with E-state index in [4.69, 9.17) is 17.3 Å². The Labute approximate surface area is 159 Å². The molecule has 1 aliphatic rings. The average molecular weight is 392 g/mol. The number of nitrogens with zero attached hydrogens (tertiary/aromatic N) is 2. The molecular formula is C17H18ClN5O2S. The van der Waals surface area contributed by atoms with Gasteiger partial charge in [-0.1, -0.05) is 11.6 Å². The molecule has 9 heteroatoms. The Bertz CT molecular complexity index is 919. The van der Waals surface area contributed by atoms with Crippen molar-refractivity contribution in [1.29, 1.82) is 0 Å². The second kappa shape index (κ2) is 7.05. The van der Waals surface area contributed by atoms with Crippen LogP contribution in [0, 0.1) is 0 Å². The van der Waals surface area contributed by atoms with Gasteiger partial charge in [-0.05, 0) is 24.3 Å². The SMILES string of the molecule is Nc1ncnc2c(C3N[C@H](CSc4ccc(Cl)cc4)C(O)[C@@H]3O)c[nH]c12. The molecule has 7 nitrogen and oxygen atoms in total. The standard InChI is InChI=1S/C17H18ClN5O2S/c18-8-1-3-9(4-2-8)26-6-11-15(24)16(25)13(23-11)10-5-20-14-12(10)21-7-22-17(14)19/h1-5,7,11,13,15-16,20,23-25H,6H2,(H2,19,21,22)/t11-,13?,15?,16-/m1/s1. The fourth-order valence-electron chi connectivity index (χ4n) is 3.22. The zero-order valence-electron chi connectivity index (χ0n) is 13.6. The monoisotopic (exact) mass is 391 g/mol. The van der Waals surface area contributed by atoms with E-state index in [1.54, 1.807) is 18.0 Å². The molecule has 2 aromatic heterocycles. The first-order chi connectivity index (χ1) is 12.5. The number of thioether (sulfide) groups is 1. The molecule has 0 amide bonds. The molecule has 1 fully saturated rings. The highest BCUT2D eigenvalue weighted by Crippen LogP contribution is 2.34. The zero-order valence-corrected chi connectivity index (χ0v) is 15.2. The van der Waals surface area contributed by atoms with Crippen molar-refractivity contribution in [2.24, 2.45) is 0 Å². The second-order valence-corrected chi connectivity index (χ2v) is 7.75. The lowest BCUT2D eigenvalue weighted by molar-refractivity contribution is 0.0308. The summed E-state index contributed by atoms with van der Waals surface area (Å²) in [6.07, 6.45) is 1.31. The van der Waals surface area contributed by atoms with Crippen LogP contribution in [0.25, 0.3) is 11.0 Å². The number of H-pyrrole nitrogens is 1. The van der Waals surface area contributed by atoms with Gasteiger partial charge >= 0.3 is 0 Å². The molecular weight excluding hydrogens is 374 g/mol. The molecule has 4 atom stereocenters. The number of aromatic nitrogens is 3. The minimum atomic E-state index is -0.944. The topological polar surface area (TPSA) is 120 Å². The van der Waals surface area contributed by atoms with Gasteiger partial charge in [-0.3, -0.25) is 0 Å². The molecule has 4 rings (SSSR count). The van der Waals surface area contributed by atoms with E-state index < -0.39 is 18.2 Å². The van der Waals surface area contributed by atoms with Crippen molar-refractivity contribution in [3.63, 3.8) is 0 Å². The summed E-state index contributed by atoms with van der Waals surface area (Å²) in [6, 6.07) is 6.82. The van der Waals surface area contributed by atoms with Gasteiger partial charge in [0.2, 0.25) is 0 Å². The van der Waals surface area contributed by atoms with Crippen LogP contribution in [0.15, 0.2) is 41.7 Å². The average Bonchev–Trinajstić information content (AvgIpc) is 3.18. The molecule has 6 N–H and O–H groups in total. The van der Waals surface area contributed by atoms with Crippen LogP contribution >= 0.6 is 23.4 Å². The number of nitrogens with two attached hydrogens (primary N) is 1. The highest BCUT2D eigenvalue weighted by atomic mass is 35.5. The van der Waals surface area contributed by atoms with Crippen LogP contribution in [-0.4, -0.2) is 49.2 Å². The predicted molar refractivity (Wildman–Crippen MR) is 102 cm³/mol. The van der Waals surface area contributed by atoms with Gasteiger partial charge < -0.3 is 26.2 Å². The summed E-state index contributed by atoms with van der Waals surface area (Å²) in [6.45, 7) is 0. The maximum Gasteiger partial charge on any atom is 0.151 e. The number of benzene rings is 1. The number of aliphatic hydroxyl groups is 2. The van der Waals surface area contributed by atoms with Gasteiger partial charge in [0, 0.05) is 33.5 Å². The summed E-state index contributed by atoms with van der Waals surface area (Å²) in [5, 5.41) is 25.0. The van der Waals surface area contributed by atoms with Crippen molar-refractivity contribution >= 4 is 40.2 Å². The lowest BCUT2D eigenvalue weighted by Crippen LogP contribution is -2.35. The van der Waals surface area contributed by atoms with Gasteiger partial charge in [0.15, 0.2) is 5.82 Å². The molecule has 1 saturated heterocycles. The smallest absolute Gasteiger partial charge is 0.151 e. The number of aliphatic hydroxyl groups excluding tert-OH is 2. The van der Waals surface area contributed by atoms with Crippen LogP contribution in [0.4, 0.5) is 5.82 Å². The Hall–Kier alpha value is -1.84. The van der Waals surface area contributed by atoms with Gasteiger partial charge in [-0.25, -0.2) is 9.97 Å². The van der Waals surface area contributed by atoms with Crippen LogP contribution in [0.5, 0.6) is 0 Å². The lowest BCUT2D eigenvalue weighted by Gasteiger charge is -2.15. The van der Waals surface area contributed by atoms with Gasteiger partial charge in [0.1, 0.15) is 17.9 Å². The Balaban J connectivity index is 1.52. The number of nitrogens with one attached hydrogen (secondary N) is 2. The number of fused-ring (bicyclic) bond motifs is 1. The quantitative estimate of drug-likeness (QED) is 0.429.